The molecule has 1 aliphatic heterocycles. The highest BCUT2D eigenvalue weighted by Gasteiger charge is 2.35. The maximum atomic E-state index is 11.6. The van der Waals surface area contributed by atoms with Gasteiger partial charge in [-0.25, -0.2) is 9.78 Å². The Hall–Kier alpha value is -2.29. The van der Waals surface area contributed by atoms with Gasteiger partial charge in [0.15, 0.2) is 0 Å². The van der Waals surface area contributed by atoms with E-state index in [2.05, 4.69) is 25.8 Å². The lowest BCUT2D eigenvalue weighted by molar-refractivity contribution is -0.142. The monoisotopic (exact) mass is 253 g/mol. The van der Waals surface area contributed by atoms with Gasteiger partial charge >= 0.3 is 12.0 Å². The molecule has 9 nitrogen and oxygen atoms in total. The van der Waals surface area contributed by atoms with Gasteiger partial charge in [-0.15, -0.1) is 5.10 Å². The van der Waals surface area contributed by atoms with Gasteiger partial charge in [0.2, 0.25) is 0 Å². The van der Waals surface area contributed by atoms with Crippen LogP contribution in [0.3, 0.4) is 0 Å². The van der Waals surface area contributed by atoms with E-state index < -0.39 is 24.0 Å². The van der Waals surface area contributed by atoms with Crippen molar-refractivity contribution in [1.29, 1.82) is 0 Å². The molecule has 3 N–H and O–H groups in total. The summed E-state index contributed by atoms with van der Waals surface area (Å²) in [5.74, 6) is -1.71. The number of hydrogen-bond donors (Lipinski definition) is 3. The molecular formula is C9H11N5O4. The fourth-order valence-corrected chi connectivity index (χ4v) is 1.55. The van der Waals surface area contributed by atoms with E-state index >= 15 is 0 Å². The molecule has 0 spiro atoms. The number of carboxylic acid groups (broad SMARTS) is 1. The summed E-state index contributed by atoms with van der Waals surface area (Å²) in [6.45, 7) is 0.252. The highest BCUT2D eigenvalue weighted by Crippen LogP contribution is 2.13. The van der Waals surface area contributed by atoms with Gasteiger partial charge in [-0.2, -0.15) is 5.10 Å². The fourth-order valence-electron chi connectivity index (χ4n) is 1.55. The zero-order chi connectivity index (χ0) is 13.0. The Bertz CT molecular complexity index is 440. The van der Waals surface area contributed by atoms with E-state index in [1.807, 2.05) is 0 Å². The van der Waals surface area contributed by atoms with Gasteiger partial charge in [-0.3, -0.25) is 10.1 Å². The van der Waals surface area contributed by atoms with Crippen LogP contribution in [0, 0.1) is 5.92 Å². The van der Waals surface area contributed by atoms with Gasteiger partial charge in [-0.1, -0.05) is 0 Å². The number of urea groups is 1. The third kappa shape index (κ3) is 2.88. The molecule has 0 saturated carbocycles. The van der Waals surface area contributed by atoms with Crippen LogP contribution in [0.5, 0.6) is 0 Å². The summed E-state index contributed by atoms with van der Waals surface area (Å²) in [5, 5.41) is 20.8. The first-order chi connectivity index (χ1) is 8.66. The molecule has 0 aromatic carbocycles. The molecule has 0 radical (unpaired) electrons. The van der Waals surface area contributed by atoms with Crippen LogP contribution in [0.2, 0.25) is 0 Å². The number of carbonyl (C=O) groups is 2. The van der Waals surface area contributed by atoms with Crippen LogP contribution in [-0.4, -0.2) is 51.5 Å². The maximum absolute atomic E-state index is 11.6. The van der Waals surface area contributed by atoms with E-state index in [-0.39, 0.29) is 19.2 Å². The Morgan fingerprint density at radius 1 is 1.39 bits per heavy atom. The molecular weight excluding hydrogens is 242 g/mol. The molecule has 0 aliphatic carbocycles. The Kier molecular flexibility index (Phi) is 3.63. The molecule has 18 heavy (non-hydrogen) atoms. The molecule has 96 valence electrons. The summed E-state index contributed by atoms with van der Waals surface area (Å²) in [6, 6.07) is -1.16. The van der Waals surface area contributed by atoms with Gasteiger partial charge in [-0.05, 0) is 0 Å². The van der Waals surface area contributed by atoms with Crippen molar-refractivity contribution in [3.63, 3.8) is 0 Å². The van der Waals surface area contributed by atoms with Crippen LogP contribution < -0.4 is 10.6 Å². The minimum atomic E-state index is -1.00. The lowest BCUT2D eigenvalue weighted by Gasteiger charge is -2.15. The van der Waals surface area contributed by atoms with E-state index in [0.717, 1.165) is 0 Å². The summed E-state index contributed by atoms with van der Waals surface area (Å²) in [6.07, 6.45) is 2.75. The second-order valence-electron chi connectivity index (χ2n) is 3.65. The number of anilines is 1. The average molecular weight is 253 g/mol. The zero-order valence-corrected chi connectivity index (χ0v) is 9.24. The first-order valence-electron chi connectivity index (χ1n) is 5.18. The largest absolute Gasteiger partial charge is 0.481 e. The van der Waals surface area contributed by atoms with Crippen molar-refractivity contribution >= 4 is 17.9 Å². The van der Waals surface area contributed by atoms with Crippen molar-refractivity contribution in [3.8, 4) is 0 Å². The van der Waals surface area contributed by atoms with Gasteiger partial charge in [0, 0.05) is 0 Å². The third-order valence-electron chi connectivity index (χ3n) is 2.42. The molecule has 1 aliphatic rings. The predicted octanol–water partition coefficient (Wildman–Crippen LogP) is -0.907. The molecule has 2 rings (SSSR count). The van der Waals surface area contributed by atoms with Crippen LogP contribution in [0.4, 0.5) is 10.7 Å². The number of hydrogen-bond acceptors (Lipinski definition) is 6. The van der Waals surface area contributed by atoms with E-state index in [1.54, 1.807) is 0 Å². The van der Waals surface area contributed by atoms with Gasteiger partial charge < -0.3 is 15.2 Å². The summed E-state index contributed by atoms with van der Waals surface area (Å²) < 4.78 is 5.02. The lowest BCUT2D eigenvalue weighted by atomic mass is 10.0. The van der Waals surface area contributed by atoms with E-state index in [1.165, 1.54) is 12.4 Å². The molecule has 1 aromatic heterocycles. The summed E-state index contributed by atoms with van der Waals surface area (Å²) in [5.41, 5.74) is 0. The molecule has 2 heterocycles. The minimum absolute atomic E-state index is 0.0424. The molecule has 2 amide bonds. The number of carbonyl (C=O) groups excluding carboxylic acids is 1. The predicted molar refractivity (Wildman–Crippen MR) is 57.7 cm³/mol. The molecule has 1 fully saturated rings. The summed E-state index contributed by atoms with van der Waals surface area (Å²) in [4.78, 5) is 26.2. The third-order valence-corrected chi connectivity index (χ3v) is 2.42. The SMILES string of the molecule is O=C(Nc1nccnn1)NC1COCC1C(=O)O. The van der Waals surface area contributed by atoms with Crippen LogP contribution in [0.25, 0.3) is 0 Å². The van der Waals surface area contributed by atoms with Crippen LogP contribution in [0.15, 0.2) is 12.4 Å². The number of amides is 2. The second kappa shape index (κ2) is 5.36. The Morgan fingerprint density at radius 3 is 2.89 bits per heavy atom. The molecule has 1 saturated heterocycles. The van der Waals surface area contributed by atoms with Crippen molar-refractivity contribution < 1.29 is 19.4 Å². The standard InChI is InChI=1S/C9H11N5O4/c15-7(16)5-3-18-4-6(5)12-9(17)13-8-10-1-2-11-14-8/h1-2,5-6H,3-4H2,(H,15,16)(H2,10,12,13,14,17). The van der Waals surface area contributed by atoms with Crippen molar-refractivity contribution in [2.24, 2.45) is 5.92 Å². The second-order valence-corrected chi connectivity index (χ2v) is 3.65. The van der Waals surface area contributed by atoms with E-state index in [9.17, 15) is 9.59 Å². The Morgan fingerprint density at radius 2 is 2.22 bits per heavy atom. The normalized spacial score (nSPS) is 22.4. The number of aromatic nitrogens is 3. The molecule has 9 heteroatoms. The first-order valence-corrected chi connectivity index (χ1v) is 5.18. The number of carboxylic acids is 1. The van der Waals surface area contributed by atoms with Crippen molar-refractivity contribution in [3.05, 3.63) is 12.4 Å². The first kappa shape index (κ1) is 12.2. The molecule has 2 atom stereocenters. The number of rotatable bonds is 3. The van der Waals surface area contributed by atoms with Crippen molar-refractivity contribution in [1.82, 2.24) is 20.5 Å². The van der Waals surface area contributed by atoms with Crippen molar-refractivity contribution in [2.45, 2.75) is 6.04 Å². The molecule has 0 bridgehead atoms. The van der Waals surface area contributed by atoms with E-state index in [0.29, 0.717) is 0 Å². The fraction of sp³-hybridized carbons (Fsp3) is 0.444. The number of nitrogens with zero attached hydrogens (tertiary/aromatic N) is 3. The van der Waals surface area contributed by atoms with Crippen molar-refractivity contribution in [2.75, 3.05) is 18.5 Å². The smallest absolute Gasteiger partial charge is 0.321 e. The lowest BCUT2D eigenvalue weighted by Crippen LogP contribution is -2.44. The van der Waals surface area contributed by atoms with E-state index in [4.69, 9.17) is 9.84 Å². The average Bonchev–Trinajstić information content (AvgIpc) is 2.78. The van der Waals surface area contributed by atoms with Crippen LogP contribution in [0.1, 0.15) is 0 Å². The number of aliphatic carboxylic acids is 1. The highest BCUT2D eigenvalue weighted by atomic mass is 16.5. The van der Waals surface area contributed by atoms with Gasteiger partial charge in [0.1, 0.15) is 5.92 Å². The molecule has 1 aromatic rings. The maximum Gasteiger partial charge on any atom is 0.321 e. The zero-order valence-electron chi connectivity index (χ0n) is 9.24. The van der Waals surface area contributed by atoms with Crippen LogP contribution in [-0.2, 0) is 9.53 Å². The number of ether oxygens (including phenoxy) is 1. The Labute approximate surface area is 102 Å². The quantitative estimate of drug-likeness (QED) is 0.636. The Balaban J connectivity index is 1.90. The topological polar surface area (TPSA) is 126 Å². The summed E-state index contributed by atoms with van der Waals surface area (Å²) in [7, 11) is 0. The minimum Gasteiger partial charge on any atom is -0.481 e. The summed E-state index contributed by atoms with van der Waals surface area (Å²) >= 11 is 0. The molecule has 2 unspecified atom stereocenters. The highest BCUT2D eigenvalue weighted by molar-refractivity contribution is 5.88. The number of nitrogens with one attached hydrogen (secondary N) is 2. The van der Waals surface area contributed by atoms with Gasteiger partial charge in [0.25, 0.3) is 5.95 Å². The van der Waals surface area contributed by atoms with Gasteiger partial charge in [0.05, 0.1) is 31.6 Å². The van der Waals surface area contributed by atoms with Crippen LogP contribution >= 0.6 is 0 Å².